The van der Waals surface area contributed by atoms with Crippen molar-refractivity contribution in [3.05, 3.63) is 53.9 Å². The van der Waals surface area contributed by atoms with Crippen molar-refractivity contribution >= 4 is 12.0 Å². The van der Waals surface area contributed by atoms with Gasteiger partial charge in [0.15, 0.2) is 0 Å². The maximum atomic E-state index is 11.2. The van der Waals surface area contributed by atoms with E-state index in [1.807, 2.05) is 18.2 Å². The standard InChI is InChI=1S/C15H14N2O4/c1-2-20-15(19)13(18)10-11-8-9-14(17-16-11)21-12-6-4-3-5-7-12/h3-10,18H,2H2,1H3. The maximum Gasteiger partial charge on any atom is 0.373 e. The van der Waals surface area contributed by atoms with Crippen molar-refractivity contribution < 1.29 is 19.4 Å². The highest BCUT2D eigenvalue weighted by Crippen LogP contribution is 2.18. The van der Waals surface area contributed by atoms with Gasteiger partial charge in [-0.05, 0) is 25.1 Å². The van der Waals surface area contributed by atoms with E-state index in [9.17, 15) is 9.90 Å². The van der Waals surface area contributed by atoms with Gasteiger partial charge < -0.3 is 14.6 Å². The summed E-state index contributed by atoms with van der Waals surface area (Å²) in [5.41, 5.74) is 0.320. The second kappa shape index (κ2) is 7.04. The monoisotopic (exact) mass is 286 g/mol. The number of para-hydroxylation sites is 1. The number of aliphatic hydroxyl groups is 1. The van der Waals surface area contributed by atoms with E-state index in [1.54, 1.807) is 31.2 Å². The molecule has 1 aromatic carbocycles. The molecule has 0 radical (unpaired) electrons. The second-order valence-electron chi connectivity index (χ2n) is 3.96. The van der Waals surface area contributed by atoms with E-state index in [0.29, 0.717) is 17.3 Å². The summed E-state index contributed by atoms with van der Waals surface area (Å²) < 4.78 is 10.1. The van der Waals surface area contributed by atoms with Gasteiger partial charge in [0.1, 0.15) is 5.75 Å². The van der Waals surface area contributed by atoms with E-state index in [-0.39, 0.29) is 6.61 Å². The fourth-order valence-electron chi connectivity index (χ4n) is 1.48. The topological polar surface area (TPSA) is 81.5 Å². The van der Waals surface area contributed by atoms with Crippen molar-refractivity contribution in [2.45, 2.75) is 6.92 Å². The lowest BCUT2D eigenvalue weighted by atomic mass is 10.3. The first-order chi connectivity index (χ1) is 10.2. The van der Waals surface area contributed by atoms with E-state index in [4.69, 9.17) is 4.74 Å². The fourth-order valence-corrected chi connectivity index (χ4v) is 1.48. The highest BCUT2D eigenvalue weighted by molar-refractivity contribution is 5.90. The zero-order chi connectivity index (χ0) is 15.1. The van der Waals surface area contributed by atoms with Crippen LogP contribution in [0.4, 0.5) is 0 Å². The Hall–Kier alpha value is -2.89. The van der Waals surface area contributed by atoms with Gasteiger partial charge in [0.25, 0.3) is 0 Å². The molecule has 0 amide bonds. The average molecular weight is 286 g/mol. The molecule has 0 saturated heterocycles. The predicted molar refractivity (Wildman–Crippen MR) is 75.8 cm³/mol. The fraction of sp³-hybridized carbons (Fsp3) is 0.133. The van der Waals surface area contributed by atoms with Crippen molar-refractivity contribution in [3.8, 4) is 11.6 Å². The molecule has 6 heteroatoms. The number of ether oxygens (including phenoxy) is 2. The Morgan fingerprint density at radius 3 is 2.57 bits per heavy atom. The molecular weight excluding hydrogens is 272 g/mol. The Balaban J connectivity index is 2.05. The third-order valence-corrected chi connectivity index (χ3v) is 2.40. The van der Waals surface area contributed by atoms with Gasteiger partial charge in [-0.25, -0.2) is 4.79 Å². The number of aromatic nitrogens is 2. The Morgan fingerprint density at radius 2 is 1.95 bits per heavy atom. The minimum absolute atomic E-state index is 0.187. The highest BCUT2D eigenvalue weighted by atomic mass is 16.5. The van der Waals surface area contributed by atoms with E-state index < -0.39 is 11.7 Å². The molecular formula is C15H14N2O4. The van der Waals surface area contributed by atoms with Crippen molar-refractivity contribution in [3.63, 3.8) is 0 Å². The average Bonchev–Trinajstić information content (AvgIpc) is 2.50. The van der Waals surface area contributed by atoms with Crippen molar-refractivity contribution in [1.82, 2.24) is 10.2 Å². The van der Waals surface area contributed by atoms with Crippen LogP contribution in [-0.4, -0.2) is 27.9 Å². The summed E-state index contributed by atoms with van der Waals surface area (Å²) in [6, 6.07) is 12.3. The maximum absolute atomic E-state index is 11.2. The van der Waals surface area contributed by atoms with E-state index in [2.05, 4.69) is 14.9 Å². The Labute approximate surface area is 121 Å². The molecule has 108 valence electrons. The minimum Gasteiger partial charge on any atom is -0.502 e. The first kappa shape index (κ1) is 14.5. The van der Waals surface area contributed by atoms with Gasteiger partial charge in [0.05, 0.1) is 12.3 Å². The van der Waals surface area contributed by atoms with Gasteiger partial charge in [-0.15, -0.1) is 10.2 Å². The van der Waals surface area contributed by atoms with Crippen LogP contribution in [0.2, 0.25) is 0 Å². The number of carbonyl (C=O) groups excluding carboxylic acids is 1. The van der Waals surface area contributed by atoms with E-state index in [1.165, 1.54) is 6.08 Å². The van der Waals surface area contributed by atoms with Crippen LogP contribution in [0.25, 0.3) is 6.08 Å². The molecule has 6 nitrogen and oxygen atoms in total. The summed E-state index contributed by atoms with van der Waals surface area (Å²) in [4.78, 5) is 11.2. The van der Waals surface area contributed by atoms with Crippen LogP contribution >= 0.6 is 0 Å². The number of esters is 1. The number of hydrogen-bond acceptors (Lipinski definition) is 6. The number of nitrogens with zero attached hydrogens (tertiary/aromatic N) is 2. The SMILES string of the molecule is CCOC(=O)C(O)=Cc1ccc(Oc2ccccc2)nn1. The van der Waals surface area contributed by atoms with Crippen molar-refractivity contribution in [2.24, 2.45) is 0 Å². The van der Waals surface area contributed by atoms with Crippen molar-refractivity contribution in [1.29, 1.82) is 0 Å². The molecule has 1 N–H and O–H groups in total. The molecule has 0 unspecified atom stereocenters. The van der Waals surface area contributed by atoms with Crippen LogP contribution < -0.4 is 4.74 Å². The lowest BCUT2D eigenvalue weighted by molar-refractivity contribution is -0.141. The lowest BCUT2D eigenvalue weighted by Crippen LogP contribution is -2.07. The Morgan fingerprint density at radius 1 is 1.19 bits per heavy atom. The highest BCUT2D eigenvalue weighted by Gasteiger charge is 2.08. The summed E-state index contributed by atoms with van der Waals surface area (Å²) in [6.45, 7) is 1.84. The van der Waals surface area contributed by atoms with Gasteiger partial charge in [-0.2, -0.15) is 0 Å². The summed E-state index contributed by atoms with van der Waals surface area (Å²) in [5, 5.41) is 17.2. The van der Waals surface area contributed by atoms with Crippen LogP contribution in [-0.2, 0) is 9.53 Å². The van der Waals surface area contributed by atoms with Crippen LogP contribution in [0.5, 0.6) is 11.6 Å². The molecule has 0 aliphatic rings. The third kappa shape index (κ3) is 4.31. The van der Waals surface area contributed by atoms with Crippen molar-refractivity contribution in [2.75, 3.05) is 6.61 Å². The molecule has 2 aromatic rings. The van der Waals surface area contributed by atoms with E-state index in [0.717, 1.165) is 0 Å². The zero-order valence-corrected chi connectivity index (χ0v) is 11.4. The van der Waals surface area contributed by atoms with Crippen LogP contribution in [0.3, 0.4) is 0 Å². The van der Waals surface area contributed by atoms with Gasteiger partial charge in [-0.1, -0.05) is 18.2 Å². The largest absolute Gasteiger partial charge is 0.502 e. The molecule has 0 saturated carbocycles. The number of benzene rings is 1. The predicted octanol–water partition coefficient (Wildman–Crippen LogP) is 2.73. The molecule has 1 heterocycles. The molecule has 0 aliphatic heterocycles. The van der Waals surface area contributed by atoms with Gasteiger partial charge in [0.2, 0.25) is 11.6 Å². The normalized spacial score (nSPS) is 11.0. The number of hydrogen-bond donors (Lipinski definition) is 1. The smallest absolute Gasteiger partial charge is 0.373 e. The van der Waals surface area contributed by atoms with Crippen LogP contribution in [0.1, 0.15) is 12.6 Å². The molecule has 0 aliphatic carbocycles. The Bertz CT molecular complexity index is 624. The molecule has 1 aromatic heterocycles. The first-order valence-corrected chi connectivity index (χ1v) is 6.33. The summed E-state index contributed by atoms with van der Waals surface area (Å²) in [6.07, 6.45) is 1.18. The van der Waals surface area contributed by atoms with E-state index >= 15 is 0 Å². The number of carbonyl (C=O) groups is 1. The van der Waals surface area contributed by atoms with Gasteiger partial charge >= 0.3 is 5.97 Å². The third-order valence-electron chi connectivity index (χ3n) is 2.40. The summed E-state index contributed by atoms with van der Waals surface area (Å²) in [5.74, 6) is -0.370. The second-order valence-corrected chi connectivity index (χ2v) is 3.96. The zero-order valence-electron chi connectivity index (χ0n) is 11.4. The lowest BCUT2D eigenvalue weighted by Gasteiger charge is -2.03. The quantitative estimate of drug-likeness (QED) is 0.517. The minimum atomic E-state index is -0.802. The molecule has 0 fully saturated rings. The first-order valence-electron chi connectivity index (χ1n) is 6.33. The van der Waals surface area contributed by atoms with Gasteiger partial charge in [-0.3, -0.25) is 0 Å². The molecule has 21 heavy (non-hydrogen) atoms. The molecule has 0 spiro atoms. The van der Waals surface area contributed by atoms with Crippen LogP contribution in [0, 0.1) is 0 Å². The molecule has 0 bridgehead atoms. The summed E-state index contributed by atoms with van der Waals surface area (Å²) >= 11 is 0. The van der Waals surface area contributed by atoms with Gasteiger partial charge in [0, 0.05) is 12.1 Å². The molecule has 2 rings (SSSR count). The van der Waals surface area contributed by atoms with Crippen LogP contribution in [0.15, 0.2) is 48.2 Å². The molecule has 0 atom stereocenters. The number of aliphatic hydroxyl groups excluding tert-OH is 1. The summed E-state index contributed by atoms with van der Waals surface area (Å²) in [7, 11) is 0. The number of rotatable bonds is 5. The Kier molecular flexibility index (Phi) is 4.87.